The van der Waals surface area contributed by atoms with Crippen molar-refractivity contribution in [3.63, 3.8) is 0 Å². The molecule has 6 nitrogen and oxygen atoms in total. The Morgan fingerprint density at radius 3 is 2.67 bits per heavy atom. The van der Waals surface area contributed by atoms with Crippen molar-refractivity contribution in [1.29, 1.82) is 0 Å². The highest BCUT2D eigenvalue weighted by Gasteiger charge is 2.29. The molecular weight excluding hydrogens is 418 g/mol. The summed E-state index contributed by atoms with van der Waals surface area (Å²) in [6, 6.07) is 11.8. The smallest absolute Gasteiger partial charge is 0.224 e. The van der Waals surface area contributed by atoms with Crippen molar-refractivity contribution in [1.82, 2.24) is 9.80 Å². The van der Waals surface area contributed by atoms with Crippen molar-refractivity contribution >= 4 is 41.0 Å². The molecule has 2 aromatic rings. The third-order valence-corrected chi connectivity index (χ3v) is 6.86. The number of hydrogen-bond acceptors (Lipinski definition) is 6. The number of hydrogen-bond donors (Lipinski definition) is 1. The number of benzene rings is 1. The van der Waals surface area contributed by atoms with Crippen LogP contribution >= 0.6 is 23.5 Å². The summed E-state index contributed by atoms with van der Waals surface area (Å²) < 4.78 is 5.86. The summed E-state index contributed by atoms with van der Waals surface area (Å²) in [5.74, 6) is 4.56. The quantitative estimate of drug-likeness (QED) is 0.581. The van der Waals surface area contributed by atoms with E-state index in [9.17, 15) is 9.59 Å². The third-order valence-electron chi connectivity index (χ3n) is 4.62. The topological polar surface area (TPSA) is 65.8 Å². The summed E-state index contributed by atoms with van der Waals surface area (Å²) in [4.78, 5) is 27.9. The molecule has 2 heterocycles. The maximum absolute atomic E-state index is 12.6. The van der Waals surface area contributed by atoms with E-state index in [4.69, 9.17) is 4.42 Å². The fraction of sp³-hybridized carbons (Fsp3) is 0.455. The Kier molecular flexibility index (Phi) is 8.30. The molecule has 1 fully saturated rings. The zero-order valence-electron chi connectivity index (χ0n) is 17.7. The summed E-state index contributed by atoms with van der Waals surface area (Å²) in [5.41, 5.74) is 1.86. The molecule has 1 atom stereocenters. The summed E-state index contributed by atoms with van der Waals surface area (Å²) >= 11 is 3.58. The number of nitrogens with zero attached hydrogens (tertiary/aromatic N) is 2. The fourth-order valence-electron chi connectivity index (χ4n) is 3.31. The lowest BCUT2D eigenvalue weighted by molar-refractivity contribution is -0.131. The van der Waals surface area contributed by atoms with Gasteiger partial charge in [0, 0.05) is 37.1 Å². The Balaban J connectivity index is 1.54. The lowest BCUT2D eigenvalue weighted by atomic mass is 10.1. The number of nitrogens with one attached hydrogen (secondary N) is 1. The number of rotatable bonds is 9. The predicted octanol–water partition coefficient (Wildman–Crippen LogP) is 4.20. The number of thioether (sulfide) groups is 2. The second kappa shape index (κ2) is 10.9. The van der Waals surface area contributed by atoms with Crippen molar-refractivity contribution in [2.24, 2.45) is 0 Å². The minimum atomic E-state index is -0.0889. The second-order valence-electron chi connectivity index (χ2n) is 7.52. The van der Waals surface area contributed by atoms with Crippen LogP contribution in [0.2, 0.25) is 0 Å². The molecule has 1 saturated heterocycles. The van der Waals surface area contributed by atoms with E-state index in [2.05, 4.69) is 10.2 Å². The lowest BCUT2D eigenvalue weighted by Crippen LogP contribution is -2.38. The zero-order chi connectivity index (χ0) is 21.5. The first-order chi connectivity index (χ1) is 14.4. The Morgan fingerprint density at radius 1 is 1.23 bits per heavy atom. The molecule has 1 aromatic carbocycles. The van der Waals surface area contributed by atoms with Crippen molar-refractivity contribution in [3.05, 3.63) is 53.5 Å². The van der Waals surface area contributed by atoms with Gasteiger partial charge in [0.1, 0.15) is 16.9 Å². The number of anilines is 1. The average Bonchev–Trinajstić information content (AvgIpc) is 3.13. The Labute approximate surface area is 186 Å². The molecule has 2 amide bonds. The minimum absolute atomic E-state index is 0.0218. The van der Waals surface area contributed by atoms with Crippen LogP contribution in [0.4, 0.5) is 5.69 Å². The van der Waals surface area contributed by atoms with Crippen LogP contribution < -0.4 is 5.32 Å². The molecule has 1 aliphatic heterocycles. The van der Waals surface area contributed by atoms with Crippen LogP contribution in [0, 0.1) is 0 Å². The Hall–Kier alpha value is -1.90. The molecule has 0 saturated carbocycles. The van der Waals surface area contributed by atoms with Gasteiger partial charge in [-0.15, -0.1) is 11.8 Å². The molecule has 1 aromatic heterocycles. The normalized spacial score (nSPS) is 16.9. The van der Waals surface area contributed by atoms with E-state index in [1.165, 1.54) is 6.92 Å². The van der Waals surface area contributed by atoms with Crippen molar-refractivity contribution in [2.45, 2.75) is 31.0 Å². The lowest BCUT2D eigenvalue weighted by Gasteiger charge is -2.35. The van der Waals surface area contributed by atoms with Crippen LogP contribution in [-0.2, 0) is 21.9 Å². The Bertz CT molecular complexity index is 852. The number of amides is 2. The molecule has 162 valence electrons. The van der Waals surface area contributed by atoms with Gasteiger partial charge in [-0.05, 0) is 43.9 Å². The first-order valence-corrected chi connectivity index (χ1v) is 12.2. The van der Waals surface area contributed by atoms with Gasteiger partial charge in [-0.25, -0.2) is 0 Å². The summed E-state index contributed by atoms with van der Waals surface area (Å²) in [7, 11) is 4.04. The fourth-order valence-corrected chi connectivity index (χ4v) is 5.40. The van der Waals surface area contributed by atoms with Gasteiger partial charge in [0.25, 0.3) is 0 Å². The SMILES string of the molecule is CC(=O)Nc1ccc(C2SCCC(=O)N2CCSCc2ccc(CN(C)C)o2)cc1. The van der Waals surface area contributed by atoms with Crippen LogP contribution in [0.5, 0.6) is 0 Å². The van der Waals surface area contributed by atoms with Gasteiger partial charge in [0.05, 0.1) is 12.3 Å². The van der Waals surface area contributed by atoms with E-state index in [1.54, 1.807) is 23.5 Å². The molecule has 1 unspecified atom stereocenters. The number of carbonyl (C=O) groups is 2. The highest BCUT2D eigenvalue weighted by molar-refractivity contribution is 7.99. The molecule has 0 radical (unpaired) electrons. The van der Waals surface area contributed by atoms with E-state index >= 15 is 0 Å². The maximum atomic E-state index is 12.6. The van der Waals surface area contributed by atoms with Gasteiger partial charge in [-0.2, -0.15) is 11.8 Å². The average molecular weight is 448 g/mol. The second-order valence-corrected chi connectivity index (χ2v) is 9.82. The predicted molar refractivity (Wildman–Crippen MR) is 125 cm³/mol. The monoisotopic (exact) mass is 447 g/mol. The van der Waals surface area contributed by atoms with Gasteiger partial charge in [-0.3, -0.25) is 9.59 Å². The summed E-state index contributed by atoms with van der Waals surface area (Å²) in [5, 5.41) is 2.81. The third kappa shape index (κ3) is 6.55. The van der Waals surface area contributed by atoms with Crippen LogP contribution in [0.1, 0.15) is 35.8 Å². The van der Waals surface area contributed by atoms with Crippen molar-refractivity contribution < 1.29 is 14.0 Å². The van der Waals surface area contributed by atoms with E-state index in [0.29, 0.717) is 13.0 Å². The number of furan rings is 1. The van der Waals surface area contributed by atoms with Gasteiger partial charge in [0.2, 0.25) is 11.8 Å². The Morgan fingerprint density at radius 2 is 1.97 bits per heavy atom. The van der Waals surface area contributed by atoms with Crippen LogP contribution in [0.3, 0.4) is 0 Å². The molecule has 1 aliphatic rings. The largest absolute Gasteiger partial charge is 0.464 e. The van der Waals surface area contributed by atoms with Gasteiger partial charge in [0.15, 0.2) is 0 Å². The number of carbonyl (C=O) groups excluding carboxylic acids is 2. The highest BCUT2D eigenvalue weighted by atomic mass is 32.2. The molecule has 0 spiro atoms. The van der Waals surface area contributed by atoms with Crippen molar-refractivity contribution in [2.75, 3.05) is 37.5 Å². The molecule has 1 N–H and O–H groups in total. The van der Waals surface area contributed by atoms with E-state index in [0.717, 1.165) is 46.6 Å². The van der Waals surface area contributed by atoms with Crippen LogP contribution in [0.15, 0.2) is 40.8 Å². The zero-order valence-corrected chi connectivity index (χ0v) is 19.4. The standard InChI is InChI=1S/C22H29N3O3S2/c1-16(26)23-18-6-4-17(5-7-18)22-25(21(27)10-12-30-22)11-13-29-15-20-9-8-19(28-20)14-24(2)3/h4-9,22H,10-15H2,1-3H3,(H,23,26). The van der Waals surface area contributed by atoms with E-state index < -0.39 is 0 Å². The first-order valence-electron chi connectivity index (χ1n) is 10.0. The van der Waals surface area contributed by atoms with Crippen LogP contribution in [0.25, 0.3) is 0 Å². The van der Waals surface area contributed by atoms with E-state index in [1.807, 2.05) is 55.4 Å². The minimum Gasteiger partial charge on any atom is -0.464 e. The highest BCUT2D eigenvalue weighted by Crippen LogP contribution is 2.37. The van der Waals surface area contributed by atoms with Gasteiger partial charge < -0.3 is 19.5 Å². The molecule has 0 bridgehead atoms. The van der Waals surface area contributed by atoms with Crippen molar-refractivity contribution in [3.8, 4) is 0 Å². The van der Waals surface area contributed by atoms with Crippen LogP contribution in [-0.4, -0.2) is 53.8 Å². The maximum Gasteiger partial charge on any atom is 0.224 e. The first kappa shape index (κ1) is 22.8. The molecule has 30 heavy (non-hydrogen) atoms. The van der Waals surface area contributed by atoms with Gasteiger partial charge >= 0.3 is 0 Å². The van der Waals surface area contributed by atoms with E-state index in [-0.39, 0.29) is 17.2 Å². The molecule has 3 rings (SSSR count). The summed E-state index contributed by atoms with van der Waals surface area (Å²) in [6.07, 6.45) is 0.585. The molecule has 0 aliphatic carbocycles. The molecular formula is C22H29N3O3S2. The summed E-state index contributed by atoms with van der Waals surface area (Å²) in [6.45, 7) is 3.00. The molecule has 8 heteroatoms. The van der Waals surface area contributed by atoms with Gasteiger partial charge in [-0.1, -0.05) is 12.1 Å².